The predicted molar refractivity (Wildman–Crippen MR) is 131 cm³/mol. The SMILES string of the molecule is ClCCCNCc1ccc(-c2c3ccccc3cc3c2ccc2ccccc23)cc1. The van der Waals surface area contributed by atoms with E-state index in [9.17, 15) is 0 Å². The first-order valence-corrected chi connectivity index (χ1v) is 11.1. The topological polar surface area (TPSA) is 12.0 Å². The van der Waals surface area contributed by atoms with E-state index in [4.69, 9.17) is 11.6 Å². The molecule has 0 aliphatic carbocycles. The van der Waals surface area contributed by atoms with Crippen LogP contribution in [0.2, 0.25) is 0 Å². The van der Waals surface area contributed by atoms with Gasteiger partial charge < -0.3 is 5.32 Å². The van der Waals surface area contributed by atoms with E-state index >= 15 is 0 Å². The molecule has 0 radical (unpaired) electrons. The number of alkyl halides is 1. The fourth-order valence-corrected chi connectivity index (χ4v) is 4.48. The summed E-state index contributed by atoms with van der Waals surface area (Å²) >= 11 is 5.76. The van der Waals surface area contributed by atoms with Gasteiger partial charge >= 0.3 is 0 Å². The largest absolute Gasteiger partial charge is 0.313 e. The van der Waals surface area contributed by atoms with E-state index in [1.807, 2.05) is 0 Å². The molecule has 0 saturated carbocycles. The number of benzene rings is 5. The van der Waals surface area contributed by atoms with E-state index in [1.165, 1.54) is 49.0 Å². The van der Waals surface area contributed by atoms with Crippen molar-refractivity contribution in [2.75, 3.05) is 12.4 Å². The van der Waals surface area contributed by atoms with E-state index in [-0.39, 0.29) is 0 Å². The van der Waals surface area contributed by atoms with Gasteiger partial charge in [0.15, 0.2) is 0 Å². The summed E-state index contributed by atoms with van der Waals surface area (Å²) in [5, 5.41) is 11.2. The molecule has 0 aliphatic heterocycles. The molecule has 0 atom stereocenters. The second-order valence-corrected chi connectivity index (χ2v) is 8.15. The van der Waals surface area contributed by atoms with Crippen LogP contribution in [0.1, 0.15) is 12.0 Å². The summed E-state index contributed by atoms with van der Waals surface area (Å²) in [6.45, 7) is 1.82. The fraction of sp³-hybridized carbons (Fsp3) is 0.143. The minimum atomic E-state index is 0.703. The number of nitrogens with one attached hydrogen (secondary N) is 1. The number of fused-ring (bicyclic) bond motifs is 4. The van der Waals surface area contributed by atoms with Crippen LogP contribution >= 0.6 is 11.6 Å². The van der Waals surface area contributed by atoms with Crippen LogP contribution in [-0.4, -0.2) is 12.4 Å². The number of hydrogen-bond acceptors (Lipinski definition) is 1. The van der Waals surface area contributed by atoms with Crippen LogP contribution in [0.15, 0.2) is 91.0 Å². The van der Waals surface area contributed by atoms with Gasteiger partial charge in [-0.15, -0.1) is 11.6 Å². The average Bonchev–Trinajstić information content (AvgIpc) is 2.81. The Morgan fingerprint density at radius 3 is 2.17 bits per heavy atom. The lowest BCUT2D eigenvalue weighted by molar-refractivity contribution is 0.678. The van der Waals surface area contributed by atoms with Gasteiger partial charge in [-0.05, 0) is 68.0 Å². The van der Waals surface area contributed by atoms with Gasteiger partial charge in [-0.3, -0.25) is 0 Å². The quantitative estimate of drug-likeness (QED) is 0.132. The monoisotopic (exact) mass is 409 g/mol. The van der Waals surface area contributed by atoms with Gasteiger partial charge in [0.25, 0.3) is 0 Å². The smallest absolute Gasteiger partial charge is 0.0235 e. The van der Waals surface area contributed by atoms with Crippen LogP contribution in [0.25, 0.3) is 43.4 Å². The highest BCUT2D eigenvalue weighted by Gasteiger charge is 2.12. The van der Waals surface area contributed by atoms with Crippen LogP contribution in [-0.2, 0) is 6.54 Å². The lowest BCUT2D eigenvalue weighted by atomic mass is 9.89. The van der Waals surface area contributed by atoms with Crippen molar-refractivity contribution >= 4 is 43.9 Å². The molecule has 0 unspecified atom stereocenters. The summed E-state index contributed by atoms with van der Waals surface area (Å²) in [7, 11) is 0. The molecule has 0 bridgehead atoms. The highest BCUT2D eigenvalue weighted by Crippen LogP contribution is 2.39. The molecule has 0 aliphatic rings. The Bertz CT molecular complexity index is 1320. The zero-order valence-corrected chi connectivity index (χ0v) is 17.6. The number of hydrogen-bond donors (Lipinski definition) is 1. The summed E-state index contributed by atoms with van der Waals surface area (Å²) in [6.07, 6.45) is 0.996. The Morgan fingerprint density at radius 1 is 0.633 bits per heavy atom. The standard InChI is InChI=1S/C28H24ClN/c29-16-5-17-30-19-20-10-12-22(13-11-20)28-25-9-4-2-7-23(25)18-27-24-8-3-1-6-21(24)14-15-26(27)28/h1-4,6-15,18,30H,5,16-17,19H2. The summed E-state index contributed by atoms with van der Waals surface area (Å²) in [5.74, 6) is 0.703. The Balaban J connectivity index is 1.66. The zero-order valence-electron chi connectivity index (χ0n) is 16.9. The molecule has 0 heterocycles. The molecule has 0 saturated heterocycles. The minimum absolute atomic E-state index is 0.703. The zero-order chi connectivity index (χ0) is 20.3. The Morgan fingerprint density at radius 2 is 1.37 bits per heavy atom. The first kappa shape index (κ1) is 19.1. The molecular formula is C28H24ClN. The van der Waals surface area contributed by atoms with Gasteiger partial charge in [0.05, 0.1) is 0 Å². The Hall–Kier alpha value is -2.87. The molecule has 0 fully saturated rings. The normalized spacial score (nSPS) is 11.5. The van der Waals surface area contributed by atoms with Crippen LogP contribution in [0.4, 0.5) is 0 Å². The minimum Gasteiger partial charge on any atom is -0.313 e. The van der Waals surface area contributed by atoms with E-state index in [1.54, 1.807) is 0 Å². The number of halogens is 1. The van der Waals surface area contributed by atoms with Gasteiger partial charge in [0.2, 0.25) is 0 Å². The summed E-state index contributed by atoms with van der Waals surface area (Å²) in [5.41, 5.74) is 3.87. The molecule has 1 N–H and O–H groups in total. The van der Waals surface area contributed by atoms with Crippen molar-refractivity contribution in [3.8, 4) is 11.1 Å². The second-order valence-electron chi connectivity index (χ2n) is 7.77. The van der Waals surface area contributed by atoms with Gasteiger partial charge in [-0.1, -0.05) is 84.9 Å². The van der Waals surface area contributed by atoms with Gasteiger partial charge in [-0.2, -0.15) is 0 Å². The van der Waals surface area contributed by atoms with E-state index in [0.717, 1.165) is 19.5 Å². The first-order chi connectivity index (χ1) is 14.8. The Kier molecular flexibility index (Phi) is 5.40. The molecular weight excluding hydrogens is 386 g/mol. The molecule has 0 aromatic heterocycles. The van der Waals surface area contributed by atoms with Crippen molar-refractivity contribution in [1.82, 2.24) is 5.32 Å². The lowest BCUT2D eigenvalue weighted by Gasteiger charge is -2.14. The lowest BCUT2D eigenvalue weighted by Crippen LogP contribution is -2.14. The molecule has 30 heavy (non-hydrogen) atoms. The maximum absolute atomic E-state index is 5.76. The van der Waals surface area contributed by atoms with Gasteiger partial charge in [0, 0.05) is 12.4 Å². The van der Waals surface area contributed by atoms with Crippen LogP contribution in [0, 0.1) is 0 Å². The van der Waals surface area contributed by atoms with Crippen molar-refractivity contribution in [2.45, 2.75) is 13.0 Å². The molecule has 5 rings (SSSR count). The fourth-order valence-electron chi connectivity index (χ4n) is 4.35. The summed E-state index contributed by atoms with van der Waals surface area (Å²) in [4.78, 5) is 0. The summed E-state index contributed by atoms with van der Waals surface area (Å²) in [6, 6.07) is 33.2. The summed E-state index contributed by atoms with van der Waals surface area (Å²) < 4.78 is 0. The third-order valence-electron chi connectivity index (χ3n) is 5.83. The second kappa shape index (κ2) is 8.47. The highest BCUT2D eigenvalue weighted by molar-refractivity contribution is 6.20. The van der Waals surface area contributed by atoms with E-state index in [2.05, 4.69) is 96.3 Å². The van der Waals surface area contributed by atoms with Gasteiger partial charge in [0.1, 0.15) is 0 Å². The van der Waals surface area contributed by atoms with Crippen molar-refractivity contribution in [1.29, 1.82) is 0 Å². The highest BCUT2D eigenvalue weighted by atomic mass is 35.5. The van der Waals surface area contributed by atoms with Crippen LogP contribution in [0.3, 0.4) is 0 Å². The van der Waals surface area contributed by atoms with E-state index in [0.29, 0.717) is 5.88 Å². The van der Waals surface area contributed by atoms with Crippen LogP contribution < -0.4 is 5.32 Å². The van der Waals surface area contributed by atoms with E-state index < -0.39 is 0 Å². The molecule has 5 aromatic rings. The van der Waals surface area contributed by atoms with Crippen molar-refractivity contribution in [3.05, 3.63) is 96.6 Å². The molecule has 2 heteroatoms. The maximum Gasteiger partial charge on any atom is 0.0235 e. The molecule has 5 aromatic carbocycles. The Labute approximate surface area is 182 Å². The molecule has 1 nitrogen and oxygen atoms in total. The van der Waals surface area contributed by atoms with Crippen molar-refractivity contribution in [2.24, 2.45) is 0 Å². The predicted octanol–water partition coefficient (Wildman–Crippen LogP) is 7.53. The average molecular weight is 410 g/mol. The van der Waals surface area contributed by atoms with Crippen molar-refractivity contribution in [3.63, 3.8) is 0 Å². The number of rotatable bonds is 6. The maximum atomic E-state index is 5.76. The van der Waals surface area contributed by atoms with Crippen LogP contribution in [0.5, 0.6) is 0 Å². The van der Waals surface area contributed by atoms with Crippen molar-refractivity contribution < 1.29 is 0 Å². The third-order valence-corrected chi connectivity index (χ3v) is 6.10. The first-order valence-electron chi connectivity index (χ1n) is 10.5. The third kappa shape index (κ3) is 3.56. The molecule has 148 valence electrons. The van der Waals surface area contributed by atoms with Gasteiger partial charge in [-0.25, -0.2) is 0 Å². The molecule has 0 amide bonds. The molecule has 0 spiro atoms.